The molecule has 0 aromatic heterocycles. The Bertz CT molecular complexity index is 202. The van der Waals surface area contributed by atoms with Crippen molar-refractivity contribution in [3.8, 4) is 0 Å². The summed E-state index contributed by atoms with van der Waals surface area (Å²) >= 11 is 0. The zero-order valence-corrected chi connectivity index (χ0v) is 11.8. The molecule has 0 heterocycles. The summed E-state index contributed by atoms with van der Waals surface area (Å²) in [6, 6.07) is 0. The van der Waals surface area contributed by atoms with Crippen LogP contribution in [0.3, 0.4) is 0 Å². The molecule has 17 heavy (non-hydrogen) atoms. The van der Waals surface area contributed by atoms with Gasteiger partial charge in [-0.05, 0) is 34.1 Å². The number of rotatable bonds is 8. The fourth-order valence-electron chi connectivity index (χ4n) is 0.700. The summed E-state index contributed by atoms with van der Waals surface area (Å²) in [6.45, 7) is 11.2. The minimum atomic E-state index is -0.971. The molecule has 5 heteroatoms. The summed E-state index contributed by atoms with van der Waals surface area (Å²) in [5.74, 6) is -0.971. The fraction of sp³-hybridized carbons (Fsp3) is 1.00. The van der Waals surface area contributed by atoms with Crippen molar-refractivity contribution >= 4 is 0 Å². The first-order valence-corrected chi connectivity index (χ1v) is 6.08. The highest BCUT2D eigenvalue weighted by atomic mass is 17.3. The molecule has 0 rings (SSSR count). The second-order valence-corrected chi connectivity index (χ2v) is 5.20. The van der Waals surface area contributed by atoms with Crippen LogP contribution < -0.4 is 0 Å². The molecule has 2 atom stereocenters. The summed E-state index contributed by atoms with van der Waals surface area (Å²) < 4.78 is 0. The third-order valence-electron chi connectivity index (χ3n) is 2.08. The first-order valence-electron chi connectivity index (χ1n) is 6.08. The maximum atomic E-state index is 9.31. The number of aliphatic hydroxyl groups is 1. The second-order valence-electron chi connectivity index (χ2n) is 5.20. The predicted octanol–water partition coefficient (Wildman–Crippen LogP) is 2.58. The van der Waals surface area contributed by atoms with Crippen molar-refractivity contribution in [3.05, 3.63) is 0 Å². The molecule has 104 valence electrons. The minimum absolute atomic E-state index is 0.116. The van der Waals surface area contributed by atoms with Crippen LogP contribution in [0.25, 0.3) is 0 Å². The summed E-state index contributed by atoms with van der Waals surface area (Å²) in [4.78, 5) is 20.5. The van der Waals surface area contributed by atoms with E-state index in [2.05, 4.69) is 0 Å². The van der Waals surface area contributed by atoms with Crippen LogP contribution in [-0.2, 0) is 19.6 Å². The van der Waals surface area contributed by atoms with E-state index in [0.29, 0.717) is 12.8 Å². The molecule has 1 N–H and O–H groups in total. The maximum Gasteiger partial charge on any atom is 0.231 e. The molecule has 0 saturated carbocycles. The van der Waals surface area contributed by atoms with Crippen LogP contribution in [0.1, 0.15) is 54.4 Å². The predicted molar refractivity (Wildman–Crippen MR) is 64.0 cm³/mol. The average molecular weight is 250 g/mol. The van der Waals surface area contributed by atoms with E-state index in [1.54, 1.807) is 6.92 Å². The fourth-order valence-corrected chi connectivity index (χ4v) is 0.700. The van der Waals surface area contributed by atoms with Gasteiger partial charge in [0.05, 0.1) is 11.7 Å². The van der Waals surface area contributed by atoms with Crippen molar-refractivity contribution < 1.29 is 24.7 Å². The molecule has 0 amide bonds. The average Bonchev–Trinajstić information content (AvgIpc) is 2.25. The first-order chi connectivity index (χ1) is 7.72. The van der Waals surface area contributed by atoms with Crippen LogP contribution in [0.5, 0.6) is 0 Å². The molecular weight excluding hydrogens is 224 g/mol. The molecule has 0 aliphatic rings. The minimum Gasteiger partial charge on any atom is -0.391 e. The Labute approximate surface area is 104 Å². The maximum absolute atomic E-state index is 9.31. The van der Waals surface area contributed by atoms with Gasteiger partial charge in [0.2, 0.25) is 5.79 Å². The van der Waals surface area contributed by atoms with Crippen molar-refractivity contribution in [2.45, 2.75) is 71.9 Å². The van der Waals surface area contributed by atoms with Crippen LogP contribution in [0, 0.1) is 0 Å². The number of hydrogen-bond acceptors (Lipinski definition) is 5. The Hall–Kier alpha value is -0.200. The molecule has 0 saturated heterocycles. The lowest BCUT2D eigenvalue weighted by atomic mass is 10.2. The Kier molecular flexibility index (Phi) is 7.20. The molecular formula is C12H26O5. The standard InChI is InChI=1S/C12H26O5/c1-7-10(13)9-14-16-12(6,8-2)17-15-11(3,4)5/h10,13H,7-9H2,1-6H3. The molecule has 2 unspecified atom stereocenters. The summed E-state index contributed by atoms with van der Waals surface area (Å²) in [7, 11) is 0. The van der Waals surface area contributed by atoms with E-state index in [1.807, 2.05) is 34.6 Å². The Balaban J connectivity index is 4.01. The van der Waals surface area contributed by atoms with E-state index in [1.165, 1.54) is 0 Å². The van der Waals surface area contributed by atoms with E-state index in [4.69, 9.17) is 19.6 Å². The largest absolute Gasteiger partial charge is 0.391 e. The SMILES string of the molecule is CCC(O)COOC(C)(CC)OOC(C)(C)C. The quantitative estimate of drug-likeness (QED) is 0.407. The van der Waals surface area contributed by atoms with Crippen molar-refractivity contribution in [1.82, 2.24) is 0 Å². The molecule has 5 nitrogen and oxygen atoms in total. The van der Waals surface area contributed by atoms with Gasteiger partial charge in [-0.2, -0.15) is 9.78 Å². The lowest BCUT2D eigenvalue weighted by Gasteiger charge is -2.29. The molecule has 0 radical (unpaired) electrons. The molecule has 0 bridgehead atoms. The summed E-state index contributed by atoms with van der Waals surface area (Å²) in [6.07, 6.45) is 0.649. The van der Waals surface area contributed by atoms with Crippen molar-refractivity contribution in [1.29, 1.82) is 0 Å². The number of aliphatic hydroxyl groups excluding tert-OH is 1. The highest BCUT2D eigenvalue weighted by Crippen LogP contribution is 2.21. The zero-order valence-electron chi connectivity index (χ0n) is 11.8. The third kappa shape index (κ3) is 8.51. The van der Waals surface area contributed by atoms with Crippen LogP contribution in [0.4, 0.5) is 0 Å². The normalized spacial score (nSPS) is 17.8. The molecule has 0 aromatic rings. The van der Waals surface area contributed by atoms with Gasteiger partial charge in [-0.15, -0.1) is 0 Å². The van der Waals surface area contributed by atoms with Crippen LogP contribution in [0.2, 0.25) is 0 Å². The topological polar surface area (TPSA) is 57.2 Å². The van der Waals surface area contributed by atoms with Gasteiger partial charge < -0.3 is 5.11 Å². The van der Waals surface area contributed by atoms with E-state index in [-0.39, 0.29) is 6.61 Å². The van der Waals surface area contributed by atoms with Crippen molar-refractivity contribution in [3.63, 3.8) is 0 Å². The summed E-state index contributed by atoms with van der Waals surface area (Å²) in [5, 5.41) is 9.31. The summed E-state index contributed by atoms with van der Waals surface area (Å²) in [5.41, 5.74) is -0.414. The smallest absolute Gasteiger partial charge is 0.231 e. The van der Waals surface area contributed by atoms with E-state index in [0.717, 1.165) is 0 Å². The van der Waals surface area contributed by atoms with Crippen LogP contribution in [-0.4, -0.2) is 29.2 Å². The van der Waals surface area contributed by atoms with Crippen LogP contribution >= 0.6 is 0 Å². The highest BCUT2D eigenvalue weighted by Gasteiger charge is 2.30. The van der Waals surface area contributed by atoms with Crippen molar-refractivity contribution in [2.75, 3.05) is 6.61 Å². The van der Waals surface area contributed by atoms with E-state index in [9.17, 15) is 5.11 Å². The lowest BCUT2D eigenvalue weighted by Crippen LogP contribution is -2.36. The second kappa shape index (κ2) is 7.28. The molecule has 0 aromatic carbocycles. The Morgan fingerprint density at radius 2 is 1.59 bits per heavy atom. The molecule has 0 aliphatic heterocycles. The van der Waals surface area contributed by atoms with Gasteiger partial charge in [0.1, 0.15) is 6.61 Å². The van der Waals surface area contributed by atoms with Gasteiger partial charge in [0, 0.05) is 6.42 Å². The van der Waals surface area contributed by atoms with Gasteiger partial charge in [-0.1, -0.05) is 13.8 Å². The monoisotopic (exact) mass is 250 g/mol. The first kappa shape index (κ1) is 16.8. The lowest BCUT2D eigenvalue weighted by molar-refractivity contribution is -0.524. The Morgan fingerprint density at radius 1 is 1.00 bits per heavy atom. The van der Waals surface area contributed by atoms with E-state index < -0.39 is 17.5 Å². The van der Waals surface area contributed by atoms with Gasteiger partial charge in [-0.25, -0.2) is 9.78 Å². The van der Waals surface area contributed by atoms with Gasteiger partial charge in [0.25, 0.3) is 0 Å². The van der Waals surface area contributed by atoms with Crippen molar-refractivity contribution in [2.24, 2.45) is 0 Å². The molecule has 0 spiro atoms. The van der Waals surface area contributed by atoms with Crippen LogP contribution in [0.15, 0.2) is 0 Å². The molecule has 0 fully saturated rings. The molecule has 0 aliphatic carbocycles. The van der Waals surface area contributed by atoms with Gasteiger partial charge >= 0.3 is 0 Å². The van der Waals surface area contributed by atoms with Gasteiger partial charge in [-0.3, -0.25) is 0 Å². The zero-order chi connectivity index (χ0) is 13.5. The highest BCUT2D eigenvalue weighted by molar-refractivity contribution is 4.58. The number of hydrogen-bond donors (Lipinski definition) is 1. The third-order valence-corrected chi connectivity index (χ3v) is 2.08. The Morgan fingerprint density at radius 3 is 2.00 bits per heavy atom. The van der Waals surface area contributed by atoms with Gasteiger partial charge in [0.15, 0.2) is 0 Å². The van der Waals surface area contributed by atoms with E-state index >= 15 is 0 Å².